The van der Waals surface area contributed by atoms with E-state index in [-0.39, 0.29) is 0 Å². The van der Waals surface area contributed by atoms with Gasteiger partial charge < -0.3 is 0 Å². The molecule has 0 unspecified atom stereocenters. The van der Waals surface area contributed by atoms with E-state index in [0.29, 0.717) is 11.7 Å². The van der Waals surface area contributed by atoms with Gasteiger partial charge in [-0.05, 0) is 13.0 Å². The van der Waals surface area contributed by atoms with Crippen molar-refractivity contribution in [2.24, 2.45) is 0 Å². The molecule has 0 spiro atoms. The molecule has 0 aliphatic carbocycles. The van der Waals surface area contributed by atoms with Gasteiger partial charge in [-0.15, -0.1) is 11.6 Å². The van der Waals surface area contributed by atoms with Gasteiger partial charge in [0.2, 0.25) is 0 Å². The summed E-state index contributed by atoms with van der Waals surface area (Å²) in [5, 5.41) is 4.22. The molecule has 5 heteroatoms. The molecule has 0 aromatic carbocycles. The Morgan fingerprint density at radius 3 is 2.71 bits per heavy atom. The third kappa shape index (κ3) is 1.75. The molecule has 0 bridgehead atoms. The molecule has 0 amide bonds. The van der Waals surface area contributed by atoms with E-state index in [4.69, 9.17) is 11.6 Å². The second-order valence-corrected chi connectivity index (χ2v) is 3.17. The topological polar surface area (TPSA) is 43.6 Å². The molecule has 4 nitrogen and oxygen atoms in total. The zero-order valence-corrected chi connectivity index (χ0v) is 8.44. The molecule has 72 valence electrons. The summed E-state index contributed by atoms with van der Waals surface area (Å²) in [4.78, 5) is 8.31. The normalized spacial score (nSPS) is 10.4. The summed E-state index contributed by atoms with van der Waals surface area (Å²) in [5.74, 6) is 1.08. The molecule has 0 saturated carbocycles. The zero-order valence-electron chi connectivity index (χ0n) is 7.68. The lowest BCUT2D eigenvalue weighted by atomic mass is 10.5. The fraction of sp³-hybridized carbons (Fsp3) is 0.222. The quantitative estimate of drug-likeness (QED) is 0.706. The van der Waals surface area contributed by atoms with Crippen LogP contribution in [0.4, 0.5) is 0 Å². The molecule has 0 aliphatic heterocycles. The molecule has 0 N–H and O–H groups in total. The first kappa shape index (κ1) is 9.15. The predicted molar refractivity (Wildman–Crippen MR) is 53.4 cm³/mol. The molecule has 0 aliphatic rings. The maximum atomic E-state index is 5.60. The molecule has 0 radical (unpaired) electrons. The van der Waals surface area contributed by atoms with E-state index in [1.807, 2.05) is 19.2 Å². The zero-order chi connectivity index (χ0) is 9.97. The monoisotopic (exact) mass is 208 g/mol. The number of nitrogens with zero attached hydrogens (tertiary/aromatic N) is 4. The fourth-order valence-electron chi connectivity index (χ4n) is 1.08. The summed E-state index contributed by atoms with van der Waals surface area (Å²) in [6.07, 6.45) is 5.16. The molecule has 0 atom stereocenters. The van der Waals surface area contributed by atoms with Gasteiger partial charge in [-0.3, -0.25) is 4.98 Å². The lowest BCUT2D eigenvalue weighted by molar-refractivity contribution is 0.820. The van der Waals surface area contributed by atoms with E-state index in [0.717, 1.165) is 11.4 Å². The third-order valence-corrected chi connectivity index (χ3v) is 2.06. The van der Waals surface area contributed by atoms with Gasteiger partial charge >= 0.3 is 0 Å². The van der Waals surface area contributed by atoms with Crippen LogP contribution in [0, 0.1) is 6.92 Å². The van der Waals surface area contributed by atoms with Crippen molar-refractivity contribution in [2.45, 2.75) is 12.8 Å². The maximum Gasteiger partial charge on any atom is 0.171 e. The Bertz CT molecular complexity index is 421. The Morgan fingerprint density at radius 1 is 1.36 bits per heavy atom. The van der Waals surface area contributed by atoms with Crippen LogP contribution >= 0.6 is 11.6 Å². The summed E-state index contributed by atoms with van der Waals surface area (Å²) < 4.78 is 1.68. The molecule has 2 aromatic rings. The van der Waals surface area contributed by atoms with Crippen LogP contribution in [0.3, 0.4) is 0 Å². The van der Waals surface area contributed by atoms with Crippen LogP contribution in [0.5, 0.6) is 0 Å². The third-order valence-electron chi connectivity index (χ3n) is 1.79. The van der Waals surface area contributed by atoms with Gasteiger partial charge in [0.15, 0.2) is 5.82 Å². The fourth-order valence-corrected chi connectivity index (χ4v) is 1.22. The number of hydrogen-bond donors (Lipinski definition) is 0. The molecule has 14 heavy (non-hydrogen) atoms. The van der Waals surface area contributed by atoms with Crippen molar-refractivity contribution in [3.63, 3.8) is 0 Å². The van der Waals surface area contributed by atoms with E-state index in [2.05, 4.69) is 15.1 Å². The van der Waals surface area contributed by atoms with Gasteiger partial charge in [0.1, 0.15) is 0 Å². The van der Waals surface area contributed by atoms with E-state index in [9.17, 15) is 0 Å². The molecule has 2 heterocycles. The van der Waals surface area contributed by atoms with Crippen molar-refractivity contribution in [3.05, 3.63) is 36.0 Å². The number of aromatic nitrogens is 4. The highest BCUT2D eigenvalue weighted by atomic mass is 35.5. The van der Waals surface area contributed by atoms with Crippen LogP contribution in [0.15, 0.2) is 24.7 Å². The Hall–Kier alpha value is -1.42. The first-order valence-electron chi connectivity index (χ1n) is 4.19. The number of halogens is 1. The van der Waals surface area contributed by atoms with Gasteiger partial charge in [0.05, 0.1) is 29.7 Å². The van der Waals surface area contributed by atoms with Crippen molar-refractivity contribution in [1.29, 1.82) is 0 Å². The molecule has 0 saturated heterocycles. The maximum absolute atomic E-state index is 5.60. The van der Waals surface area contributed by atoms with Crippen molar-refractivity contribution in [2.75, 3.05) is 0 Å². The van der Waals surface area contributed by atoms with Gasteiger partial charge in [0, 0.05) is 6.20 Å². The van der Waals surface area contributed by atoms with Gasteiger partial charge in [-0.2, -0.15) is 5.10 Å². The standard InChI is InChI=1S/C9H9ClN4/c1-7-2-3-14(13-7)9-6-11-8(4-10)5-12-9/h2-3,5-6H,4H2,1H3. The lowest BCUT2D eigenvalue weighted by Gasteiger charge is -1.99. The van der Waals surface area contributed by atoms with E-state index in [1.165, 1.54) is 0 Å². The minimum absolute atomic E-state index is 0.380. The van der Waals surface area contributed by atoms with Crippen LogP contribution in [0.2, 0.25) is 0 Å². The van der Waals surface area contributed by atoms with Crippen LogP contribution in [0.1, 0.15) is 11.4 Å². The molecule has 2 rings (SSSR count). The average Bonchev–Trinajstić information content (AvgIpc) is 2.65. The predicted octanol–water partition coefficient (Wildman–Crippen LogP) is 1.71. The first-order valence-corrected chi connectivity index (χ1v) is 4.72. The number of hydrogen-bond acceptors (Lipinski definition) is 3. The highest BCUT2D eigenvalue weighted by Crippen LogP contribution is 2.04. The summed E-state index contributed by atoms with van der Waals surface area (Å²) in [6, 6.07) is 1.91. The van der Waals surface area contributed by atoms with Crippen LogP contribution in [-0.4, -0.2) is 19.7 Å². The smallest absolute Gasteiger partial charge is 0.171 e. The number of rotatable bonds is 2. The van der Waals surface area contributed by atoms with Gasteiger partial charge in [0.25, 0.3) is 0 Å². The van der Waals surface area contributed by atoms with Crippen LogP contribution in [-0.2, 0) is 5.88 Å². The van der Waals surface area contributed by atoms with Crippen LogP contribution < -0.4 is 0 Å². The largest absolute Gasteiger partial charge is 0.254 e. The van der Waals surface area contributed by atoms with Gasteiger partial charge in [-0.1, -0.05) is 0 Å². The minimum Gasteiger partial charge on any atom is -0.254 e. The van der Waals surface area contributed by atoms with Crippen molar-refractivity contribution in [1.82, 2.24) is 19.7 Å². The minimum atomic E-state index is 0.380. The summed E-state index contributed by atoms with van der Waals surface area (Å²) in [5.41, 5.74) is 1.72. The molecular formula is C9H9ClN4. The van der Waals surface area contributed by atoms with Crippen molar-refractivity contribution in [3.8, 4) is 5.82 Å². The summed E-state index contributed by atoms with van der Waals surface area (Å²) in [7, 11) is 0. The summed E-state index contributed by atoms with van der Waals surface area (Å²) in [6.45, 7) is 1.93. The number of aryl methyl sites for hydroxylation is 1. The van der Waals surface area contributed by atoms with Crippen molar-refractivity contribution >= 4 is 11.6 Å². The molecular weight excluding hydrogens is 200 g/mol. The first-order chi connectivity index (χ1) is 6.79. The highest BCUT2D eigenvalue weighted by molar-refractivity contribution is 6.16. The molecule has 2 aromatic heterocycles. The van der Waals surface area contributed by atoms with E-state index in [1.54, 1.807) is 17.1 Å². The lowest BCUT2D eigenvalue weighted by Crippen LogP contribution is -2.00. The summed E-state index contributed by atoms with van der Waals surface area (Å²) >= 11 is 5.60. The Balaban J connectivity index is 2.33. The van der Waals surface area contributed by atoms with Crippen molar-refractivity contribution < 1.29 is 0 Å². The van der Waals surface area contributed by atoms with E-state index >= 15 is 0 Å². The van der Waals surface area contributed by atoms with Crippen LogP contribution in [0.25, 0.3) is 5.82 Å². The average molecular weight is 209 g/mol. The second kappa shape index (κ2) is 3.75. The molecule has 0 fully saturated rings. The SMILES string of the molecule is Cc1ccn(-c2cnc(CCl)cn2)n1. The highest BCUT2D eigenvalue weighted by Gasteiger charge is 2.00. The Morgan fingerprint density at radius 2 is 2.21 bits per heavy atom. The number of alkyl halides is 1. The van der Waals surface area contributed by atoms with E-state index < -0.39 is 0 Å². The Labute approximate surface area is 86.6 Å². The Kier molecular flexibility index (Phi) is 2.45. The second-order valence-electron chi connectivity index (χ2n) is 2.90. The van der Waals surface area contributed by atoms with Gasteiger partial charge in [-0.25, -0.2) is 9.67 Å².